The summed E-state index contributed by atoms with van der Waals surface area (Å²) in [5, 5.41) is 7.60. The van der Waals surface area contributed by atoms with E-state index in [9.17, 15) is 9.59 Å². The molecule has 7 heteroatoms. The van der Waals surface area contributed by atoms with Crippen molar-refractivity contribution >= 4 is 12.1 Å². The van der Waals surface area contributed by atoms with Crippen LogP contribution in [-0.4, -0.2) is 33.7 Å². The van der Waals surface area contributed by atoms with Gasteiger partial charge in [-0.25, -0.2) is 14.6 Å². The van der Waals surface area contributed by atoms with Crippen LogP contribution in [-0.2, 0) is 9.53 Å². The van der Waals surface area contributed by atoms with E-state index in [4.69, 9.17) is 5.11 Å². The number of carboxylic acid groups (broad SMARTS) is 1. The fourth-order valence-electron chi connectivity index (χ4n) is 0.357. The molecule has 7 nitrogen and oxygen atoms in total. The second kappa shape index (κ2) is 12.7. The monoisotopic (exact) mass is 229 g/mol. The molecule has 1 aromatic heterocycles. The van der Waals surface area contributed by atoms with Crippen molar-refractivity contribution in [1.29, 1.82) is 0 Å². The van der Waals surface area contributed by atoms with Gasteiger partial charge in [0.25, 0.3) is 0 Å². The van der Waals surface area contributed by atoms with Crippen LogP contribution in [0.15, 0.2) is 31.4 Å². The molecule has 1 amide bonds. The Hall–Kier alpha value is -2.31. The smallest absolute Gasteiger partial charge is 0.404 e. The van der Waals surface area contributed by atoms with E-state index in [1.165, 1.54) is 0 Å². The Morgan fingerprint density at radius 1 is 1.69 bits per heavy atom. The second-order valence-electron chi connectivity index (χ2n) is 2.05. The van der Waals surface area contributed by atoms with Crippen molar-refractivity contribution < 1.29 is 19.4 Å². The maximum atomic E-state index is 9.60. The molecule has 0 saturated carbocycles. The summed E-state index contributed by atoms with van der Waals surface area (Å²) in [5.41, 5.74) is 4.54. The molecule has 0 bridgehead atoms. The lowest BCUT2D eigenvalue weighted by molar-refractivity contribution is -0.131. The number of nitrogens with one attached hydrogen (secondary N) is 1. The van der Waals surface area contributed by atoms with Gasteiger partial charge in [-0.15, -0.1) is 0 Å². The predicted octanol–water partition coefficient (Wildman–Crippen LogP) is 0.768. The second-order valence-corrected chi connectivity index (χ2v) is 2.05. The van der Waals surface area contributed by atoms with Crippen molar-refractivity contribution in [3.63, 3.8) is 0 Å². The molecule has 0 spiro atoms. The molecule has 0 aromatic carbocycles. The zero-order chi connectivity index (χ0) is 12.8. The lowest BCUT2D eigenvalue weighted by atomic mass is 10.7. The summed E-state index contributed by atoms with van der Waals surface area (Å²) in [7, 11) is 0. The minimum atomic E-state index is -0.981. The number of carboxylic acids is 1. The number of carbonyl (C=O) groups excluding carboxylic acids is 1. The van der Waals surface area contributed by atoms with Crippen LogP contribution in [0.5, 0.6) is 0 Å². The molecule has 0 atom stereocenters. The van der Waals surface area contributed by atoms with E-state index in [2.05, 4.69) is 27.0 Å². The molecule has 0 aliphatic heterocycles. The molecule has 1 heterocycles. The molecule has 0 aliphatic rings. The molecule has 16 heavy (non-hydrogen) atoms. The van der Waals surface area contributed by atoms with Gasteiger partial charge in [0.1, 0.15) is 0 Å². The number of aromatic amines is 1. The molecule has 0 radical (unpaired) electrons. The van der Waals surface area contributed by atoms with Gasteiger partial charge in [0.2, 0.25) is 0 Å². The number of carbonyl (C=O) groups is 2. The van der Waals surface area contributed by atoms with Crippen molar-refractivity contribution in [2.24, 2.45) is 5.73 Å². The summed E-state index contributed by atoms with van der Waals surface area (Å²) < 4.78 is 4.18. The maximum absolute atomic E-state index is 9.60. The zero-order valence-electron chi connectivity index (χ0n) is 8.92. The number of imidazole rings is 1. The van der Waals surface area contributed by atoms with E-state index in [1.54, 1.807) is 25.6 Å². The molecule has 0 fully saturated rings. The van der Waals surface area contributed by atoms with Gasteiger partial charge >= 0.3 is 12.1 Å². The van der Waals surface area contributed by atoms with Gasteiger partial charge in [-0.3, -0.25) is 0 Å². The van der Waals surface area contributed by atoms with Crippen LogP contribution in [0.3, 0.4) is 0 Å². The van der Waals surface area contributed by atoms with E-state index >= 15 is 0 Å². The largest absolute Gasteiger partial charge is 0.478 e. The number of hydrogen-bond acceptors (Lipinski definition) is 4. The number of H-pyrrole nitrogens is 1. The first-order valence-electron chi connectivity index (χ1n) is 4.24. The molecule has 90 valence electrons. The third kappa shape index (κ3) is 22.6. The maximum Gasteiger partial charge on any atom is 0.404 e. The van der Waals surface area contributed by atoms with Gasteiger partial charge in [0.15, 0.2) is 0 Å². The number of nitrogens with zero attached hydrogens (tertiary/aromatic N) is 1. The SMILES string of the molecule is C=CC(=O)O.CCOC(N)=O.c1c[nH]cn1. The van der Waals surface area contributed by atoms with Crippen molar-refractivity contribution in [2.45, 2.75) is 6.92 Å². The topological polar surface area (TPSA) is 118 Å². The molecule has 1 aromatic rings. The van der Waals surface area contributed by atoms with Gasteiger partial charge < -0.3 is 20.6 Å². The van der Waals surface area contributed by atoms with E-state index in [1.807, 2.05) is 0 Å². The quantitative estimate of drug-likeness (QED) is 0.647. The molecular formula is C9H15N3O4. The summed E-state index contributed by atoms with van der Waals surface area (Å²) in [4.78, 5) is 25.3. The number of aliphatic carboxylic acids is 1. The van der Waals surface area contributed by atoms with Gasteiger partial charge in [0, 0.05) is 18.5 Å². The average Bonchev–Trinajstić information content (AvgIpc) is 2.76. The molecular weight excluding hydrogens is 214 g/mol. The standard InChI is InChI=1S/C3H4N2.C3H7NO2.C3H4O2/c1-2-5-3-4-1;1-2-6-3(4)5;1-2-3(4)5/h1-3H,(H,4,5);2H2,1H3,(H2,4,5);2H,1H2,(H,4,5). The molecule has 0 aliphatic carbocycles. The lowest BCUT2D eigenvalue weighted by Crippen LogP contribution is -2.11. The third-order valence-electron chi connectivity index (χ3n) is 0.867. The Balaban J connectivity index is 0. The normalized spacial score (nSPS) is 7.31. The highest BCUT2D eigenvalue weighted by Crippen LogP contribution is 1.66. The summed E-state index contributed by atoms with van der Waals surface area (Å²) in [6, 6.07) is 0. The molecule has 4 N–H and O–H groups in total. The van der Waals surface area contributed by atoms with E-state index in [-0.39, 0.29) is 0 Å². The van der Waals surface area contributed by atoms with Gasteiger partial charge in [-0.2, -0.15) is 0 Å². The number of aromatic nitrogens is 2. The number of primary amides is 1. The van der Waals surface area contributed by atoms with E-state index in [0.717, 1.165) is 6.08 Å². The predicted molar refractivity (Wildman–Crippen MR) is 57.6 cm³/mol. The van der Waals surface area contributed by atoms with Crippen LogP contribution >= 0.6 is 0 Å². The number of hydrogen-bond donors (Lipinski definition) is 3. The van der Waals surface area contributed by atoms with Crippen molar-refractivity contribution in [1.82, 2.24) is 9.97 Å². The first-order chi connectivity index (χ1) is 7.54. The number of rotatable bonds is 2. The Labute approximate surface area is 92.9 Å². The van der Waals surface area contributed by atoms with Crippen LogP contribution < -0.4 is 5.73 Å². The fraction of sp³-hybridized carbons (Fsp3) is 0.222. The Kier molecular flexibility index (Phi) is 12.8. The summed E-state index contributed by atoms with van der Waals surface area (Å²) in [6.45, 7) is 5.02. The number of ether oxygens (including phenoxy) is 1. The summed E-state index contributed by atoms with van der Waals surface area (Å²) >= 11 is 0. The third-order valence-corrected chi connectivity index (χ3v) is 0.867. The van der Waals surface area contributed by atoms with Crippen LogP contribution in [0.1, 0.15) is 6.92 Å². The van der Waals surface area contributed by atoms with Crippen LogP contribution in [0.2, 0.25) is 0 Å². The minimum absolute atomic E-state index is 0.356. The van der Waals surface area contributed by atoms with Gasteiger partial charge in [0.05, 0.1) is 12.9 Å². The number of nitrogens with two attached hydrogens (primary N) is 1. The highest BCUT2D eigenvalue weighted by atomic mass is 16.5. The highest BCUT2D eigenvalue weighted by molar-refractivity contribution is 5.78. The van der Waals surface area contributed by atoms with Crippen LogP contribution in [0.4, 0.5) is 4.79 Å². The Bertz CT molecular complexity index is 268. The molecule has 0 saturated heterocycles. The van der Waals surface area contributed by atoms with Crippen LogP contribution in [0.25, 0.3) is 0 Å². The van der Waals surface area contributed by atoms with Crippen molar-refractivity contribution in [3.05, 3.63) is 31.4 Å². The van der Waals surface area contributed by atoms with Crippen LogP contribution in [0, 0.1) is 0 Å². The molecule has 1 rings (SSSR count). The van der Waals surface area contributed by atoms with Gasteiger partial charge in [-0.05, 0) is 6.92 Å². The zero-order valence-corrected chi connectivity index (χ0v) is 8.92. The van der Waals surface area contributed by atoms with Gasteiger partial charge in [-0.1, -0.05) is 6.58 Å². The minimum Gasteiger partial charge on any atom is -0.478 e. The number of amides is 1. The fourth-order valence-corrected chi connectivity index (χ4v) is 0.357. The highest BCUT2D eigenvalue weighted by Gasteiger charge is 1.82. The summed E-state index contributed by atoms with van der Waals surface area (Å²) in [5.74, 6) is -0.981. The Morgan fingerprint density at radius 2 is 2.25 bits per heavy atom. The van der Waals surface area contributed by atoms with E-state index < -0.39 is 12.1 Å². The summed E-state index contributed by atoms with van der Waals surface area (Å²) in [6.07, 6.45) is 5.21. The van der Waals surface area contributed by atoms with Crippen molar-refractivity contribution in [2.75, 3.05) is 6.61 Å². The average molecular weight is 229 g/mol. The van der Waals surface area contributed by atoms with Crippen molar-refractivity contribution in [3.8, 4) is 0 Å². The first-order valence-corrected chi connectivity index (χ1v) is 4.24. The lowest BCUT2D eigenvalue weighted by Gasteiger charge is -1.89. The Morgan fingerprint density at radius 3 is 2.31 bits per heavy atom. The molecule has 0 unspecified atom stereocenters. The van der Waals surface area contributed by atoms with E-state index in [0.29, 0.717) is 6.61 Å². The first kappa shape index (κ1) is 16.1.